The van der Waals surface area contributed by atoms with Crippen LogP contribution in [0.15, 0.2) is 0 Å². The largest absolute Gasteiger partial charge is 0.330 e. The van der Waals surface area contributed by atoms with Crippen molar-refractivity contribution >= 4 is 6.29 Å². The fraction of sp³-hybridized carbons (Fsp3) is 0.889. The molecule has 78 valence electrons. The Morgan fingerprint density at radius 2 is 1.54 bits per heavy atom. The van der Waals surface area contributed by atoms with Gasteiger partial charge in [-0.2, -0.15) is 0 Å². The molecular weight excluding hydrogens is 166 g/mol. The zero-order valence-electron chi connectivity index (χ0n) is 8.24. The van der Waals surface area contributed by atoms with Crippen molar-refractivity contribution in [1.82, 2.24) is 4.90 Å². The molecule has 0 aromatic heterocycles. The fourth-order valence-electron chi connectivity index (χ4n) is 1.20. The Bertz CT molecular complexity index is 111. The van der Waals surface area contributed by atoms with E-state index >= 15 is 0 Å². The standard InChI is InChI=1S/C9H21N3O/c10-4-1-6-12(7-2-5-11)8-3-9-13/h9H,1-8,10-11H2. The van der Waals surface area contributed by atoms with E-state index in [0.29, 0.717) is 19.5 Å². The Hall–Kier alpha value is -0.450. The highest BCUT2D eigenvalue weighted by Crippen LogP contribution is 1.94. The van der Waals surface area contributed by atoms with Crippen LogP contribution < -0.4 is 11.5 Å². The summed E-state index contributed by atoms with van der Waals surface area (Å²) in [7, 11) is 0. The maximum atomic E-state index is 10.2. The minimum absolute atomic E-state index is 0.606. The number of nitrogens with two attached hydrogens (primary N) is 2. The van der Waals surface area contributed by atoms with Crippen LogP contribution in [0.2, 0.25) is 0 Å². The van der Waals surface area contributed by atoms with Crippen LogP contribution in [-0.4, -0.2) is 43.9 Å². The molecule has 0 fully saturated rings. The van der Waals surface area contributed by atoms with Gasteiger partial charge in [0.05, 0.1) is 0 Å². The minimum Gasteiger partial charge on any atom is -0.330 e. The van der Waals surface area contributed by atoms with Gasteiger partial charge in [0.2, 0.25) is 0 Å². The van der Waals surface area contributed by atoms with Gasteiger partial charge in [0.1, 0.15) is 6.29 Å². The molecule has 0 amide bonds. The SMILES string of the molecule is NCCCN(CCC=O)CCCN. The van der Waals surface area contributed by atoms with E-state index in [1.54, 1.807) is 0 Å². The summed E-state index contributed by atoms with van der Waals surface area (Å²) in [5, 5.41) is 0. The summed E-state index contributed by atoms with van der Waals surface area (Å²) in [6, 6.07) is 0. The molecule has 0 aliphatic heterocycles. The molecule has 0 aliphatic carbocycles. The average Bonchev–Trinajstić information content (AvgIpc) is 2.17. The summed E-state index contributed by atoms with van der Waals surface area (Å²) in [5.41, 5.74) is 10.8. The molecule has 0 aliphatic rings. The molecular formula is C9H21N3O. The normalized spacial score (nSPS) is 10.7. The Kier molecular flexibility index (Phi) is 9.30. The van der Waals surface area contributed by atoms with Crippen molar-refractivity contribution in [2.45, 2.75) is 19.3 Å². The number of carbonyl (C=O) groups is 1. The van der Waals surface area contributed by atoms with Gasteiger partial charge in [0.15, 0.2) is 0 Å². The van der Waals surface area contributed by atoms with Crippen LogP contribution in [0.4, 0.5) is 0 Å². The first kappa shape index (κ1) is 12.6. The molecule has 0 bridgehead atoms. The highest BCUT2D eigenvalue weighted by molar-refractivity contribution is 5.49. The van der Waals surface area contributed by atoms with Crippen molar-refractivity contribution in [3.63, 3.8) is 0 Å². The molecule has 0 saturated heterocycles. The lowest BCUT2D eigenvalue weighted by Crippen LogP contribution is -2.30. The Labute approximate surface area is 80.3 Å². The average molecular weight is 187 g/mol. The molecule has 0 aromatic carbocycles. The molecule has 0 atom stereocenters. The molecule has 0 radical (unpaired) electrons. The van der Waals surface area contributed by atoms with Crippen LogP contribution in [0.1, 0.15) is 19.3 Å². The molecule has 0 rings (SSSR count). The smallest absolute Gasteiger partial charge is 0.121 e. The summed E-state index contributed by atoms with van der Waals surface area (Å²) >= 11 is 0. The van der Waals surface area contributed by atoms with Crippen molar-refractivity contribution in [1.29, 1.82) is 0 Å². The predicted octanol–water partition coefficient (Wildman–Crippen LogP) is -0.425. The number of hydrogen-bond acceptors (Lipinski definition) is 4. The quantitative estimate of drug-likeness (QED) is 0.481. The highest BCUT2D eigenvalue weighted by atomic mass is 16.1. The van der Waals surface area contributed by atoms with Gasteiger partial charge in [-0.05, 0) is 39.0 Å². The van der Waals surface area contributed by atoms with E-state index in [1.165, 1.54) is 0 Å². The number of hydrogen-bond donors (Lipinski definition) is 2. The minimum atomic E-state index is 0.606. The van der Waals surface area contributed by atoms with Gasteiger partial charge >= 0.3 is 0 Å². The van der Waals surface area contributed by atoms with E-state index in [9.17, 15) is 4.79 Å². The monoisotopic (exact) mass is 187 g/mol. The van der Waals surface area contributed by atoms with Crippen molar-refractivity contribution in [3.05, 3.63) is 0 Å². The Balaban J connectivity index is 3.52. The zero-order chi connectivity index (χ0) is 9.94. The summed E-state index contributed by atoms with van der Waals surface area (Å²) in [5.74, 6) is 0. The second-order valence-electron chi connectivity index (χ2n) is 3.08. The van der Waals surface area contributed by atoms with Gasteiger partial charge in [-0.15, -0.1) is 0 Å². The lowest BCUT2D eigenvalue weighted by atomic mass is 10.3. The third kappa shape index (κ3) is 7.90. The molecule has 0 aromatic rings. The Morgan fingerprint density at radius 3 is 1.92 bits per heavy atom. The summed E-state index contributed by atoms with van der Waals surface area (Å²) in [6.07, 6.45) is 3.54. The first-order valence-corrected chi connectivity index (χ1v) is 4.91. The first-order chi connectivity index (χ1) is 6.35. The van der Waals surface area contributed by atoms with E-state index in [0.717, 1.165) is 38.8 Å². The van der Waals surface area contributed by atoms with Gasteiger partial charge in [0.25, 0.3) is 0 Å². The molecule has 0 saturated carbocycles. The van der Waals surface area contributed by atoms with Gasteiger partial charge in [-0.3, -0.25) is 0 Å². The number of carbonyl (C=O) groups excluding carboxylic acids is 1. The van der Waals surface area contributed by atoms with Crippen molar-refractivity contribution < 1.29 is 4.79 Å². The fourth-order valence-corrected chi connectivity index (χ4v) is 1.20. The third-order valence-corrected chi connectivity index (χ3v) is 1.92. The molecule has 4 nitrogen and oxygen atoms in total. The Morgan fingerprint density at radius 1 is 1.00 bits per heavy atom. The number of aldehydes is 1. The maximum Gasteiger partial charge on any atom is 0.121 e. The lowest BCUT2D eigenvalue weighted by molar-refractivity contribution is -0.108. The molecule has 13 heavy (non-hydrogen) atoms. The van der Waals surface area contributed by atoms with Crippen LogP contribution in [0, 0.1) is 0 Å². The highest BCUT2D eigenvalue weighted by Gasteiger charge is 2.02. The summed E-state index contributed by atoms with van der Waals surface area (Å²) in [4.78, 5) is 12.4. The van der Waals surface area contributed by atoms with E-state index in [-0.39, 0.29) is 0 Å². The van der Waals surface area contributed by atoms with Crippen molar-refractivity contribution in [2.24, 2.45) is 11.5 Å². The summed E-state index contributed by atoms with van der Waals surface area (Å²) < 4.78 is 0. The summed E-state index contributed by atoms with van der Waals surface area (Å²) in [6.45, 7) is 4.21. The third-order valence-electron chi connectivity index (χ3n) is 1.92. The molecule has 4 heteroatoms. The topological polar surface area (TPSA) is 72.3 Å². The van der Waals surface area contributed by atoms with Crippen LogP contribution >= 0.6 is 0 Å². The van der Waals surface area contributed by atoms with E-state index in [1.807, 2.05) is 0 Å². The van der Waals surface area contributed by atoms with E-state index in [2.05, 4.69) is 4.90 Å². The van der Waals surface area contributed by atoms with Gasteiger partial charge < -0.3 is 21.2 Å². The van der Waals surface area contributed by atoms with Gasteiger partial charge in [-0.1, -0.05) is 0 Å². The van der Waals surface area contributed by atoms with Crippen LogP contribution in [-0.2, 0) is 4.79 Å². The van der Waals surface area contributed by atoms with Gasteiger partial charge in [-0.25, -0.2) is 0 Å². The maximum absolute atomic E-state index is 10.2. The van der Waals surface area contributed by atoms with Crippen LogP contribution in [0.5, 0.6) is 0 Å². The first-order valence-electron chi connectivity index (χ1n) is 4.91. The van der Waals surface area contributed by atoms with E-state index < -0.39 is 0 Å². The second kappa shape index (κ2) is 9.64. The molecule has 0 heterocycles. The molecule has 4 N–H and O–H groups in total. The second-order valence-corrected chi connectivity index (χ2v) is 3.08. The van der Waals surface area contributed by atoms with Crippen LogP contribution in [0.25, 0.3) is 0 Å². The van der Waals surface area contributed by atoms with Gasteiger partial charge in [0, 0.05) is 13.0 Å². The van der Waals surface area contributed by atoms with E-state index in [4.69, 9.17) is 11.5 Å². The number of nitrogens with zero attached hydrogens (tertiary/aromatic N) is 1. The molecule has 0 spiro atoms. The molecule has 0 unspecified atom stereocenters. The predicted molar refractivity (Wildman–Crippen MR) is 54.5 cm³/mol. The zero-order valence-corrected chi connectivity index (χ0v) is 8.24. The van der Waals surface area contributed by atoms with Crippen molar-refractivity contribution in [2.75, 3.05) is 32.7 Å². The lowest BCUT2D eigenvalue weighted by Gasteiger charge is -2.20. The van der Waals surface area contributed by atoms with Crippen molar-refractivity contribution in [3.8, 4) is 0 Å². The van der Waals surface area contributed by atoms with Crippen LogP contribution in [0.3, 0.4) is 0 Å². The number of rotatable bonds is 9.